The van der Waals surface area contributed by atoms with Crippen LogP contribution in [-0.4, -0.2) is 36.2 Å². The summed E-state index contributed by atoms with van der Waals surface area (Å²) in [6.07, 6.45) is 3.91. The fourth-order valence-electron chi connectivity index (χ4n) is 1.98. The number of rotatable bonds is 4. The van der Waals surface area contributed by atoms with Gasteiger partial charge >= 0.3 is 0 Å². The summed E-state index contributed by atoms with van der Waals surface area (Å²) in [6, 6.07) is 0. The Morgan fingerprint density at radius 3 is 2.56 bits per heavy atom. The minimum Gasteiger partial charge on any atom is -0.393 e. The Labute approximate surface area is 97.8 Å². The van der Waals surface area contributed by atoms with Crippen molar-refractivity contribution in [1.82, 2.24) is 10.6 Å². The molecule has 1 amide bonds. The van der Waals surface area contributed by atoms with E-state index in [4.69, 9.17) is 0 Å². The summed E-state index contributed by atoms with van der Waals surface area (Å²) in [5.41, 5.74) is -0.542. The lowest BCUT2D eigenvalue weighted by Crippen LogP contribution is -2.52. The van der Waals surface area contributed by atoms with E-state index >= 15 is 0 Å². The highest BCUT2D eigenvalue weighted by atomic mass is 16.3. The van der Waals surface area contributed by atoms with Gasteiger partial charge in [-0.2, -0.15) is 0 Å². The Kier molecular flexibility index (Phi) is 4.74. The van der Waals surface area contributed by atoms with Gasteiger partial charge in [0.15, 0.2) is 0 Å². The maximum absolute atomic E-state index is 11.8. The number of hydrogen-bond donors (Lipinski definition) is 3. The highest BCUT2D eigenvalue weighted by Gasteiger charge is 2.28. The maximum Gasteiger partial charge on any atom is 0.239 e. The molecule has 4 heteroatoms. The van der Waals surface area contributed by atoms with Gasteiger partial charge in [-0.25, -0.2) is 0 Å². The van der Waals surface area contributed by atoms with Gasteiger partial charge in [0.1, 0.15) is 0 Å². The molecule has 0 aromatic carbocycles. The highest BCUT2D eigenvalue weighted by Crippen LogP contribution is 2.23. The van der Waals surface area contributed by atoms with Crippen molar-refractivity contribution in [2.45, 2.75) is 51.2 Å². The zero-order valence-electron chi connectivity index (χ0n) is 10.5. The van der Waals surface area contributed by atoms with Gasteiger partial charge in [0, 0.05) is 12.5 Å². The van der Waals surface area contributed by atoms with Crippen molar-refractivity contribution in [3.63, 3.8) is 0 Å². The van der Waals surface area contributed by atoms with Crippen molar-refractivity contribution in [2.24, 2.45) is 5.92 Å². The number of carbonyl (C=O) groups is 1. The third kappa shape index (κ3) is 3.46. The summed E-state index contributed by atoms with van der Waals surface area (Å²) in [5, 5.41) is 15.7. The Hall–Kier alpha value is -0.610. The van der Waals surface area contributed by atoms with Crippen LogP contribution in [0.3, 0.4) is 0 Å². The lowest BCUT2D eigenvalue weighted by atomic mass is 9.86. The van der Waals surface area contributed by atoms with Crippen molar-refractivity contribution in [2.75, 3.05) is 13.6 Å². The Morgan fingerprint density at radius 1 is 1.38 bits per heavy atom. The third-order valence-electron chi connectivity index (χ3n) is 3.59. The molecule has 0 saturated heterocycles. The first-order valence-corrected chi connectivity index (χ1v) is 6.12. The molecule has 16 heavy (non-hydrogen) atoms. The average molecular weight is 228 g/mol. The van der Waals surface area contributed by atoms with Crippen molar-refractivity contribution in [3.05, 3.63) is 0 Å². The molecule has 4 nitrogen and oxygen atoms in total. The van der Waals surface area contributed by atoms with Crippen LogP contribution in [0.2, 0.25) is 0 Å². The van der Waals surface area contributed by atoms with E-state index in [1.165, 1.54) is 0 Å². The SMILES string of the molecule is CNC(C)(C)C(=O)NCC1CCCCC1O. The summed E-state index contributed by atoms with van der Waals surface area (Å²) in [6.45, 7) is 4.28. The van der Waals surface area contributed by atoms with Crippen LogP contribution < -0.4 is 10.6 Å². The van der Waals surface area contributed by atoms with Crippen LogP contribution in [0.25, 0.3) is 0 Å². The molecule has 0 aromatic rings. The molecule has 0 bridgehead atoms. The summed E-state index contributed by atoms with van der Waals surface area (Å²) in [7, 11) is 1.77. The Balaban J connectivity index is 2.36. The lowest BCUT2D eigenvalue weighted by molar-refractivity contribution is -0.126. The molecular weight excluding hydrogens is 204 g/mol. The summed E-state index contributed by atoms with van der Waals surface area (Å²) < 4.78 is 0. The Bertz CT molecular complexity index is 241. The summed E-state index contributed by atoms with van der Waals surface area (Å²) in [4.78, 5) is 11.8. The standard InChI is InChI=1S/C12H24N2O2/c1-12(2,13-3)11(16)14-8-9-6-4-5-7-10(9)15/h9-10,13,15H,4-8H2,1-3H3,(H,14,16). The first kappa shape index (κ1) is 13.5. The van der Waals surface area contributed by atoms with Crippen LogP contribution in [0.1, 0.15) is 39.5 Å². The number of aliphatic hydroxyl groups excluding tert-OH is 1. The van der Waals surface area contributed by atoms with Crippen LogP contribution in [-0.2, 0) is 4.79 Å². The van der Waals surface area contributed by atoms with Crippen molar-refractivity contribution >= 4 is 5.91 Å². The predicted molar refractivity (Wildman–Crippen MR) is 64.1 cm³/mol. The second-order valence-corrected chi connectivity index (χ2v) is 5.20. The largest absolute Gasteiger partial charge is 0.393 e. The van der Waals surface area contributed by atoms with E-state index in [0.29, 0.717) is 6.54 Å². The average Bonchev–Trinajstić information content (AvgIpc) is 2.27. The van der Waals surface area contributed by atoms with Gasteiger partial charge in [0.05, 0.1) is 11.6 Å². The van der Waals surface area contributed by atoms with Crippen LogP contribution >= 0.6 is 0 Å². The molecular formula is C12H24N2O2. The number of aliphatic hydroxyl groups is 1. The maximum atomic E-state index is 11.8. The van der Waals surface area contributed by atoms with Crippen LogP contribution in [0.15, 0.2) is 0 Å². The van der Waals surface area contributed by atoms with E-state index < -0.39 is 5.54 Å². The fourth-order valence-corrected chi connectivity index (χ4v) is 1.98. The van der Waals surface area contributed by atoms with E-state index in [9.17, 15) is 9.90 Å². The smallest absolute Gasteiger partial charge is 0.239 e. The fraction of sp³-hybridized carbons (Fsp3) is 0.917. The van der Waals surface area contributed by atoms with E-state index in [1.807, 2.05) is 13.8 Å². The molecule has 0 radical (unpaired) electrons. The molecule has 2 atom stereocenters. The molecule has 0 heterocycles. The zero-order valence-corrected chi connectivity index (χ0v) is 10.5. The van der Waals surface area contributed by atoms with Gasteiger partial charge in [0.25, 0.3) is 0 Å². The quantitative estimate of drug-likeness (QED) is 0.662. The molecule has 3 N–H and O–H groups in total. The number of likely N-dealkylation sites (N-methyl/N-ethyl adjacent to an activating group) is 1. The van der Waals surface area contributed by atoms with Crippen LogP contribution in [0, 0.1) is 5.92 Å². The topological polar surface area (TPSA) is 61.4 Å². The molecule has 0 aliphatic heterocycles. The lowest BCUT2D eigenvalue weighted by Gasteiger charge is -2.29. The minimum absolute atomic E-state index is 0.00669. The number of amides is 1. The van der Waals surface area contributed by atoms with Gasteiger partial charge in [-0.3, -0.25) is 4.79 Å². The molecule has 1 fully saturated rings. The minimum atomic E-state index is -0.542. The van der Waals surface area contributed by atoms with Crippen LogP contribution in [0.4, 0.5) is 0 Å². The van der Waals surface area contributed by atoms with Gasteiger partial charge in [-0.1, -0.05) is 12.8 Å². The molecule has 1 aliphatic carbocycles. The molecule has 1 rings (SSSR count). The normalized spacial score (nSPS) is 26.5. The molecule has 1 aliphatic rings. The van der Waals surface area contributed by atoms with Crippen LogP contribution in [0.5, 0.6) is 0 Å². The van der Waals surface area contributed by atoms with E-state index in [-0.39, 0.29) is 17.9 Å². The first-order valence-electron chi connectivity index (χ1n) is 6.12. The van der Waals surface area contributed by atoms with Gasteiger partial charge in [0.2, 0.25) is 5.91 Å². The van der Waals surface area contributed by atoms with Crippen molar-refractivity contribution in [3.8, 4) is 0 Å². The summed E-state index contributed by atoms with van der Waals surface area (Å²) in [5.74, 6) is 0.220. The summed E-state index contributed by atoms with van der Waals surface area (Å²) >= 11 is 0. The Morgan fingerprint density at radius 2 is 2.00 bits per heavy atom. The predicted octanol–water partition coefficient (Wildman–Crippen LogP) is 0.652. The molecule has 94 valence electrons. The number of hydrogen-bond acceptors (Lipinski definition) is 3. The molecule has 0 aromatic heterocycles. The zero-order chi connectivity index (χ0) is 12.2. The van der Waals surface area contributed by atoms with Crippen molar-refractivity contribution in [1.29, 1.82) is 0 Å². The second kappa shape index (κ2) is 5.64. The van der Waals surface area contributed by atoms with E-state index in [2.05, 4.69) is 10.6 Å². The third-order valence-corrected chi connectivity index (χ3v) is 3.59. The second-order valence-electron chi connectivity index (χ2n) is 5.20. The number of nitrogens with one attached hydrogen (secondary N) is 2. The van der Waals surface area contributed by atoms with Gasteiger partial charge in [-0.15, -0.1) is 0 Å². The van der Waals surface area contributed by atoms with Gasteiger partial charge in [-0.05, 0) is 33.7 Å². The van der Waals surface area contributed by atoms with E-state index in [1.54, 1.807) is 7.05 Å². The molecule has 1 saturated carbocycles. The highest BCUT2D eigenvalue weighted by molar-refractivity contribution is 5.85. The molecule has 0 spiro atoms. The van der Waals surface area contributed by atoms with Gasteiger partial charge < -0.3 is 15.7 Å². The van der Waals surface area contributed by atoms with E-state index in [0.717, 1.165) is 25.7 Å². The van der Waals surface area contributed by atoms with Crippen molar-refractivity contribution < 1.29 is 9.90 Å². The first-order chi connectivity index (χ1) is 7.47. The monoisotopic (exact) mass is 228 g/mol. The number of carbonyl (C=O) groups excluding carboxylic acids is 1. The molecule has 2 unspecified atom stereocenters.